The molecule has 8 fully saturated rings. The third-order valence-corrected chi connectivity index (χ3v) is 24.9. The van der Waals surface area contributed by atoms with Gasteiger partial charge in [-0.15, -0.1) is 11.6 Å². The molecule has 4 saturated carbocycles. The minimum absolute atomic E-state index is 0.0191. The average molecular weight is 1510 g/mol. The Bertz CT molecular complexity index is 3070. The van der Waals surface area contributed by atoms with E-state index in [1.54, 1.807) is 6.92 Å². The van der Waals surface area contributed by atoms with Gasteiger partial charge in [0.1, 0.15) is 60.0 Å². The Morgan fingerprint density at radius 2 is 1.22 bits per heavy atom. The van der Waals surface area contributed by atoms with Crippen LogP contribution < -0.4 is 16.0 Å². The van der Waals surface area contributed by atoms with Crippen molar-refractivity contribution in [1.82, 2.24) is 60.0 Å². The van der Waals surface area contributed by atoms with Gasteiger partial charge in [0, 0.05) is 73.8 Å². The van der Waals surface area contributed by atoms with Crippen LogP contribution in [-0.4, -0.2) is 281 Å². The zero-order valence-electron chi connectivity index (χ0n) is 63.7. The number of nitrogens with one attached hydrogen (secondary N) is 3. The van der Waals surface area contributed by atoms with E-state index < -0.39 is 180 Å². The van der Waals surface area contributed by atoms with Gasteiger partial charge in [-0.2, -0.15) is 13.2 Å². The van der Waals surface area contributed by atoms with Gasteiger partial charge in [-0.1, -0.05) is 72.6 Å². The maximum absolute atomic E-state index is 15.8. The summed E-state index contributed by atoms with van der Waals surface area (Å²) < 4.78 is 62.6. The minimum atomic E-state index is -4.53. The fourth-order valence-corrected chi connectivity index (χ4v) is 18.2. The predicted molar refractivity (Wildman–Crippen MR) is 384 cm³/mol. The topological polar surface area (TPSA) is 279 Å². The molecule has 592 valence electrons. The average Bonchev–Trinajstić information content (AvgIpc) is 1.73. The number of likely N-dealkylation sites (N-methyl/N-ethyl adjacent to an activating group) is 6. The maximum atomic E-state index is 15.8. The van der Waals surface area contributed by atoms with Crippen molar-refractivity contribution >= 4 is 82.5 Å². The number of hydrogen-bond donors (Lipinski definition) is 3. The van der Waals surface area contributed by atoms with E-state index in [0.717, 1.165) is 17.7 Å². The van der Waals surface area contributed by atoms with Crippen molar-refractivity contribution in [1.29, 1.82) is 0 Å². The van der Waals surface area contributed by atoms with Crippen LogP contribution in [0.5, 0.6) is 0 Å². The summed E-state index contributed by atoms with van der Waals surface area (Å²) in [7, 11) is 8.61. The van der Waals surface area contributed by atoms with E-state index in [2.05, 4.69) is 16.0 Å². The minimum Gasteiger partial charge on any atom is -0.378 e. The zero-order chi connectivity index (χ0) is 76.9. The molecule has 2 bridgehead atoms. The Kier molecular flexibility index (Phi) is 30.2. The Morgan fingerprint density at radius 1 is 0.600 bits per heavy atom. The Morgan fingerprint density at radius 3 is 1.85 bits per heavy atom. The molecule has 0 aromatic heterocycles. The molecule has 12 atom stereocenters. The van der Waals surface area contributed by atoms with Crippen LogP contribution in [0.2, 0.25) is 0 Å². The number of halogens is 5. The summed E-state index contributed by atoms with van der Waals surface area (Å²) in [5.41, 5.74) is -1.58. The van der Waals surface area contributed by atoms with Gasteiger partial charge in [0.2, 0.25) is 70.9 Å². The number of carbonyl (C=O) groups excluding carboxylic acids is 12. The van der Waals surface area contributed by atoms with Crippen LogP contribution in [0.25, 0.3) is 0 Å². The lowest BCUT2D eigenvalue weighted by Gasteiger charge is -2.42. The first kappa shape index (κ1) is 84.2. The van der Waals surface area contributed by atoms with Gasteiger partial charge in [-0.3, -0.25) is 57.5 Å². The summed E-state index contributed by atoms with van der Waals surface area (Å²) in [6.45, 7) is 6.97. The van der Waals surface area contributed by atoms with Crippen LogP contribution in [-0.2, 0) is 62.3 Å². The van der Waals surface area contributed by atoms with Crippen molar-refractivity contribution < 1.29 is 79.8 Å². The van der Waals surface area contributed by atoms with Gasteiger partial charge in [0.15, 0.2) is 0 Å². The van der Waals surface area contributed by atoms with Gasteiger partial charge in [0.05, 0.1) is 38.6 Å². The molecule has 4 heterocycles. The maximum Gasteiger partial charge on any atom is 0.393 e. The molecule has 105 heavy (non-hydrogen) atoms. The number of ether oxygens (including phenoxy) is 1. The lowest BCUT2D eigenvalue weighted by Crippen LogP contribution is -2.65. The third kappa shape index (κ3) is 20.9. The first-order valence-electron chi connectivity index (χ1n) is 39.0. The summed E-state index contributed by atoms with van der Waals surface area (Å²) in [4.78, 5) is 194. The van der Waals surface area contributed by atoms with Gasteiger partial charge in [0.25, 0.3) is 0 Å². The van der Waals surface area contributed by atoms with E-state index in [1.807, 2.05) is 20.8 Å². The number of fused-ring (bicyclic) bond motifs is 3. The third-order valence-electron chi connectivity index (χ3n) is 24.4. The summed E-state index contributed by atoms with van der Waals surface area (Å²) in [6, 6.07) is -9.98. The van der Waals surface area contributed by atoms with Crippen molar-refractivity contribution in [3.8, 4) is 0 Å². The number of rotatable bonds is 11. The second-order valence-corrected chi connectivity index (χ2v) is 32.8. The first-order chi connectivity index (χ1) is 49.7. The van der Waals surface area contributed by atoms with E-state index in [1.165, 1.54) is 81.5 Å². The van der Waals surface area contributed by atoms with Crippen LogP contribution in [0.4, 0.5) is 17.6 Å². The molecule has 3 N–H and O–H groups in total. The molecule has 12 amide bonds. The molecule has 0 aromatic rings. The number of amides is 12. The molecule has 0 radical (unpaired) electrons. The summed E-state index contributed by atoms with van der Waals surface area (Å²) >= 11 is 6.43. The monoisotopic (exact) mass is 1510 g/mol. The Labute approximate surface area is 622 Å². The van der Waals surface area contributed by atoms with Crippen LogP contribution in [0.1, 0.15) is 201 Å². The second-order valence-electron chi connectivity index (χ2n) is 32.2. The van der Waals surface area contributed by atoms with E-state index in [9.17, 15) is 36.7 Å². The zero-order valence-corrected chi connectivity index (χ0v) is 64.5. The number of carbonyl (C=O) groups is 12. The Balaban J connectivity index is 1.18. The van der Waals surface area contributed by atoms with E-state index in [-0.39, 0.29) is 141 Å². The van der Waals surface area contributed by atoms with Crippen molar-refractivity contribution in [3.05, 3.63) is 0 Å². The molecule has 30 heteroatoms. The molecule has 1 spiro atoms. The summed E-state index contributed by atoms with van der Waals surface area (Å²) in [5, 5.41) is 7.62. The Hall–Kier alpha value is -6.39. The van der Waals surface area contributed by atoms with E-state index in [4.69, 9.17) is 16.3 Å². The quantitative estimate of drug-likeness (QED) is 0.154. The molecule has 25 nitrogen and oxygen atoms in total. The van der Waals surface area contributed by atoms with Crippen molar-refractivity contribution in [2.75, 3.05) is 94.8 Å². The van der Waals surface area contributed by atoms with Crippen LogP contribution in [0.15, 0.2) is 0 Å². The van der Waals surface area contributed by atoms with Crippen LogP contribution in [0, 0.1) is 35.5 Å². The molecule has 4 aliphatic carbocycles. The van der Waals surface area contributed by atoms with Crippen molar-refractivity contribution in [3.63, 3.8) is 0 Å². The van der Waals surface area contributed by atoms with Gasteiger partial charge in [-0.25, -0.2) is 4.39 Å². The fraction of sp³-hybridized carbons (Fsp3) is 0.840. The lowest BCUT2D eigenvalue weighted by molar-refractivity contribution is -0.182. The summed E-state index contributed by atoms with van der Waals surface area (Å²) in [6.07, 6.45) is 1.85. The molecular weight excluding hydrogens is 1390 g/mol. The van der Waals surface area contributed by atoms with Crippen LogP contribution >= 0.6 is 11.6 Å². The largest absolute Gasteiger partial charge is 0.393 e. The van der Waals surface area contributed by atoms with E-state index in [0.29, 0.717) is 70.6 Å². The van der Waals surface area contributed by atoms with Gasteiger partial charge in [-0.05, 0) is 152 Å². The normalized spacial score (nSPS) is 31.8. The molecule has 4 aliphatic heterocycles. The molecule has 0 aromatic carbocycles. The smallest absolute Gasteiger partial charge is 0.378 e. The molecular formula is C75H119ClF4N12O13. The summed E-state index contributed by atoms with van der Waals surface area (Å²) in [5.74, 6) is -11.2. The molecule has 4 saturated heterocycles. The van der Waals surface area contributed by atoms with E-state index >= 15 is 38.4 Å². The SMILES string of the molecule is CC[C@H](C)[C@@H]1NC(=O)[C@H](CC(C)C)N(C)C(=O)C[C@@H](C(=O)N2CCOCC2)N(C)C(=O)[C@H](C2CCCC2)N(C)C(=O)C2(CCCC2)NC(=O)[C@@H]2CCCN2C(=O)[C@H](CCC2CCC(C(F)(F)F)C(Cl)C2)NC(=O)CN(C)C(=O)[C@H](CC2CCC(F)CC2)N2CCCCC[C@@H](C2=O)N(C)C(=O)CN(C)C1=O. The highest BCUT2D eigenvalue weighted by Gasteiger charge is 2.53. The van der Waals surface area contributed by atoms with Crippen molar-refractivity contribution in [2.24, 2.45) is 35.5 Å². The standard InChI is InChI=1S/C75H119ClF4N12O13/c1-11-47(4)63-71(102)85(6)45-62(95)86(7)56-22-13-12-18-34-92(70(56)101)59(42-49-24-28-51(77)29-25-49)68(99)84(5)44-60(93)81-54(31-27-48-26-30-52(53(76)41-48)75(78,79)80)67(98)91-35-19-23-55(91)66(97)83-74(32-16-17-33-74)73(104)89(10)64(50-20-14-15-21-50)72(103)88(9)58(69(100)90-36-38-105-39-37-90)43-61(94)87(8)57(40-46(2)3)65(96)82-63/h46-59,63-64H,11-45H2,1-10H3,(H,81,93)(H,82,96)(H,83,97)/t47-,48?,49?,51?,52?,53?,54-,55-,56-,57-,58-,59-,63-,64-/m0/s1. The lowest BCUT2D eigenvalue weighted by atomic mass is 9.78. The molecule has 8 aliphatic rings. The van der Waals surface area contributed by atoms with Gasteiger partial charge < -0.3 is 64.8 Å². The predicted octanol–water partition coefficient (Wildman–Crippen LogP) is 6.20. The number of hydrogen-bond acceptors (Lipinski definition) is 13. The number of morpholine rings is 1. The first-order valence-corrected chi connectivity index (χ1v) is 39.4. The highest BCUT2D eigenvalue weighted by molar-refractivity contribution is 6.21. The highest BCUT2D eigenvalue weighted by Crippen LogP contribution is 2.44. The molecule has 8 rings (SSSR count). The van der Waals surface area contributed by atoms with Crippen molar-refractivity contribution in [2.45, 2.75) is 273 Å². The van der Waals surface area contributed by atoms with Gasteiger partial charge >= 0.3 is 6.18 Å². The molecule has 3 unspecified atom stereocenters. The van der Waals surface area contributed by atoms with Crippen LogP contribution in [0.3, 0.4) is 0 Å². The highest BCUT2D eigenvalue weighted by atomic mass is 35.5. The fourth-order valence-electron chi connectivity index (χ4n) is 17.7. The second kappa shape index (κ2) is 37.6. The number of nitrogens with zero attached hydrogens (tertiary/aromatic N) is 9. The number of alkyl halides is 5.